The highest BCUT2D eigenvalue weighted by Gasteiger charge is 2.46. The molecular formula is C24H32N2O7. The Balaban J connectivity index is 1.83. The fourth-order valence-electron chi connectivity index (χ4n) is 4.45. The topological polar surface area (TPSA) is 102 Å². The number of benzene rings is 1. The molecule has 33 heavy (non-hydrogen) atoms. The number of rotatable bonds is 9. The molecule has 1 saturated carbocycles. The first kappa shape index (κ1) is 24.9. The zero-order valence-corrected chi connectivity index (χ0v) is 19.5. The fraction of sp³-hybridized carbons (Fsp3) is 0.583. The van der Waals surface area contributed by atoms with Crippen LogP contribution in [0.25, 0.3) is 0 Å². The molecule has 2 fully saturated rings. The van der Waals surface area contributed by atoms with Crippen LogP contribution in [0.15, 0.2) is 24.3 Å². The molecule has 1 aromatic carbocycles. The lowest BCUT2D eigenvalue weighted by Crippen LogP contribution is -2.51. The van der Waals surface area contributed by atoms with Gasteiger partial charge in [-0.2, -0.15) is 0 Å². The summed E-state index contributed by atoms with van der Waals surface area (Å²) < 4.78 is 15.5. The molecule has 0 aromatic heterocycles. The third-order valence-corrected chi connectivity index (χ3v) is 6.24. The van der Waals surface area contributed by atoms with E-state index in [4.69, 9.17) is 14.2 Å². The van der Waals surface area contributed by atoms with E-state index in [1.54, 1.807) is 6.92 Å². The Kier molecular flexibility index (Phi) is 8.57. The standard InChI is InChI=1S/C24H32N2O7/c1-4-33-24(30)17-10-12-18(13-11-17)26-20(27)14-19(23(26)29)25(15-21(31-2)32-3)22(28)16-8-6-5-7-9-16/h10-13,16,19,21H,4-9,14-15H2,1-3H3. The summed E-state index contributed by atoms with van der Waals surface area (Å²) in [5.41, 5.74) is 0.675. The number of carbonyl (C=O) groups excluding carboxylic acids is 4. The van der Waals surface area contributed by atoms with E-state index in [-0.39, 0.29) is 31.4 Å². The van der Waals surface area contributed by atoms with Gasteiger partial charge in [0.15, 0.2) is 6.29 Å². The molecule has 1 saturated heterocycles. The van der Waals surface area contributed by atoms with Crippen LogP contribution in [0.2, 0.25) is 0 Å². The Morgan fingerprint density at radius 1 is 1.06 bits per heavy atom. The van der Waals surface area contributed by atoms with Gasteiger partial charge in [-0.1, -0.05) is 19.3 Å². The molecular weight excluding hydrogens is 428 g/mol. The number of imide groups is 1. The van der Waals surface area contributed by atoms with Gasteiger partial charge in [0.1, 0.15) is 6.04 Å². The quantitative estimate of drug-likeness (QED) is 0.317. The maximum absolute atomic E-state index is 13.4. The second-order valence-corrected chi connectivity index (χ2v) is 8.28. The maximum Gasteiger partial charge on any atom is 0.338 e. The van der Waals surface area contributed by atoms with E-state index in [0.717, 1.165) is 37.0 Å². The Morgan fingerprint density at radius 2 is 1.70 bits per heavy atom. The molecule has 1 atom stereocenters. The highest BCUT2D eigenvalue weighted by Crippen LogP contribution is 2.31. The number of carbonyl (C=O) groups is 4. The van der Waals surface area contributed by atoms with Crippen molar-refractivity contribution in [1.82, 2.24) is 4.90 Å². The largest absolute Gasteiger partial charge is 0.462 e. The van der Waals surface area contributed by atoms with Gasteiger partial charge in [0.05, 0.1) is 30.8 Å². The third kappa shape index (κ3) is 5.59. The van der Waals surface area contributed by atoms with Gasteiger partial charge in [0.2, 0.25) is 11.8 Å². The van der Waals surface area contributed by atoms with E-state index in [9.17, 15) is 19.2 Å². The smallest absolute Gasteiger partial charge is 0.338 e. The van der Waals surface area contributed by atoms with Crippen LogP contribution in [0.3, 0.4) is 0 Å². The maximum atomic E-state index is 13.4. The number of hydrogen-bond acceptors (Lipinski definition) is 7. The van der Waals surface area contributed by atoms with Crippen molar-refractivity contribution in [3.05, 3.63) is 29.8 Å². The van der Waals surface area contributed by atoms with Crippen molar-refractivity contribution in [2.75, 3.05) is 32.3 Å². The average molecular weight is 461 g/mol. The van der Waals surface area contributed by atoms with E-state index in [1.807, 2.05) is 0 Å². The van der Waals surface area contributed by atoms with Crippen molar-refractivity contribution in [2.24, 2.45) is 5.92 Å². The van der Waals surface area contributed by atoms with Crippen LogP contribution in [-0.2, 0) is 28.6 Å². The zero-order valence-electron chi connectivity index (χ0n) is 19.5. The van der Waals surface area contributed by atoms with Crippen LogP contribution in [0.4, 0.5) is 5.69 Å². The predicted octanol–water partition coefficient (Wildman–Crippen LogP) is 2.52. The van der Waals surface area contributed by atoms with Crippen LogP contribution in [0, 0.1) is 5.92 Å². The molecule has 0 radical (unpaired) electrons. The number of ether oxygens (including phenoxy) is 3. The van der Waals surface area contributed by atoms with Gasteiger partial charge in [0, 0.05) is 20.1 Å². The first-order valence-electron chi connectivity index (χ1n) is 11.4. The number of methoxy groups -OCH3 is 2. The lowest BCUT2D eigenvalue weighted by molar-refractivity contribution is -0.156. The summed E-state index contributed by atoms with van der Waals surface area (Å²) in [5, 5.41) is 0. The van der Waals surface area contributed by atoms with Gasteiger partial charge in [-0.3, -0.25) is 14.4 Å². The summed E-state index contributed by atoms with van der Waals surface area (Å²) >= 11 is 0. The lowest BCUT2D eigenvalue weighted by Gasteiger charge is -2.34. The molecule has 1 aliphatic carbocycles. The molecule has 180 valence electrons. The molecule has 9 nitrogen and oxygen atoms in total. The molecule has 1 heterocycles. The molecule has 1 aliphatic heterocycles. The first-order valence-corrected chi connectivity index (χ1v) is 11.4. The first-order chi connectivity index (χ1) is 15.9. The molecule has 3 amide bonds. The van der Waals surface area contributed by atoms with Crippen LogP contribution in [0.1, 0.15) is 55.8 Å². The third-order valence-electron chi connectivity index (χ3n) is 6.24. The van der Waals surface area contributed by atoms with E-state index in [0.29, 0.717) is 11.3 Å². The van der Waals surface area contributed by atoms with Gasteiger partial charge in [-0.15, -0.1) is 0 Å². The highest BCUT2D eigenvalue weighted by atomic mass is 16.7. The minimum absolute atomic E-state index is 0.0572. The number of nitrogens with zero attached hydrogens (tertiary/aromatic N) is 2. The van der Waals surface area contributed by atoms with Crippen molar-refractivity contribution in [2.45, 2.75) is 57.8 Å². The Labute approximate surface area is 193 Å². The molecule has 2 aliphatic rings. The van der Waals surface area contributed by atoms with E-state index >= 15 is 0 Å². The number of amides is 3. The summed E-state index contributed by atoms with van der Waals surface area (Å²) in [6, 6.07) is 5.16. The lowest BCUT2D eigenvalue weighted by atomic mass is 9.88. The van der Waals surface area contributed by atoms with Crippen LogP contribution in [0.5, 0.6) is 0 Å². The van der Waals surface area contributed by atoms with Crippen molar-refractivity contribution in [1.29, 1.82) is 0 Å². The van der Waals surface area contributed by atoms with E-state index in [1.165, 1.54) is 43.4 Å². The monoisotopic (exact) mass is 460 g/mol. The normalized spacial score (nSPS) is 19.3. The fourth-order valence-corrected chi connectivity index (χ4v) is 4.45. The summed E-state index contributed by atoms with van der Waals surface area (Å²) in [6.07, 6.45) is 3.76. The van der Waals surface area contributed by atoms with Crippen molar-refractivity contribution >= 4 is 29.4 Å². The van der Waals surface area contributed by atoms with Gasteiger partial charge < -0.3 is 19.1 Å². The summed E-state index contributed by atoms with van der Waals surface area (Å²) in [7, 11) is 2.94. The minimum atomic E-state index is -0.926. The van der Waals surface area contributed by atoms with E-state index < -0.39 is 30.1 Å². The van der Waals surface area contributed by atoms with Crippen LogP contribution in [-0.4, -0.2) is 68.3 Å². The number of hydrogen-bond donors (Lipinski definition) is 0. The molecule has 3 rings (SSSR count). The van der Waals surface area contributed by atoms with Gasteiger partial charge >= 0.3 is 5.97 Å². The summed E-state index contributed by atoms with van der Waals surface area (Å²) in [4.78, 5) is 54.1. The summed E-state index contributed by atoms with van der Waals surface area (Å²) in [6.45, 7) is 2.02. The molecule has 1 aromatic rings. The molecule has 1 unspecified atom stereocenters. The molecule has 0 spiro atoms. The zero-order chi connectivity index (χ0) is 24.0. The molecule has 0 N–H and O–H groups in total. The van der Waals surface area contributed by atoms with Gasteiger partial charge in [0.25, 0.3) is 5.91 Å². The number of anilines is 1. The average Bonchev–Trinajstić information content (AvgIpc) is 3.13. The Hall–Kier alpha value is -2.78. The Morgan fingerprint density at radius 3 is 2.27 bits per heavy atom. The number of esters is 1. The Bertz CT molecular complexity index is 860. The SMILES string of the molecule is CCOC(=O)c1ccc(N2C(=O)CC(N(CC(OC)OC)C(=O)C3CCCCC3)C2=O)cc1. The predicted molar refractivity (Wildman–Crippen MR) is 119 cm³/mol. The summed E-state index contributed by atoms with van der Waals surface area (Å²) in [5.74, 6) is -1.66. The second kappa shape index (κ2) is 11.4. The minimum Gasteiger partial charge on any atom is -0.462 e. The highest BCUT2D eigenvalue weighted by molar-refractivity contribution is 6.23. The van der Waals surface area contributed by atoms with Crippen molar-refractivity contribution in [3.63, 3.8) is 0 Å². The molecule has 9 heteroatoms. The van der Waals surface area contributed by atoms with Crippen molar-refractivity contribution < 1.29 is 33.4 Å². The van der Waals surface area contributed by atoms with Crippen LogP contribution < -0.4 is 4.90 Å². The van der Waals surface area contributed by atoms with Crippen LogP contribution >= 0.6 is 0 Å². The van der Waals surface area contributed by atoms with Gasteiger partial charge in [-0.05, 0) is 44.0 Å². The van der Waals surface area contributed by atoms with E-state index in [2.05, 4.69) is 0 Å². The van der Waals surface area contributed by atoms with Crippen molar-refractivity contribution in [3.8, 4) is 0 Å². The molecule has 0 bridgehead atoms. The van der Waals surface area contributed by atoms with Gasteiger partial charge in [-0.25, -0.2) is 9.69 Å². The second-order valence-electron chi connectivity index (χ2n) is 8.28.